The molecular weight excluding hydrogens is 376 g/mol. The van der Waals surface area contributed by atoms with Crippen LogP contribution in [-0.2, 0) is 0 Å². The largest absolute Gasteiger partial charge is 0.507 e. The highest BCUT2D eigenvalue weighted by Crippen LogP contribution is 2.27. The molecule has 0 aliphatic heterocycles. The van der Waals surface area contributed by atoms with Crippen molar-refractivity contribution < 1.29 is 14.6 Å². The van der Waals surface area contributed by atoms with Gasteiger partial charge in [-0.1, -0.05) is 42.8 Å². The maximum absolute atomic E-state index is 12.3. The molecule has 5 nitrogen and oxygen atoms in total. The number of nitrogens with zero attached hydrogens (tertiary/aromatic N) is 1. The number of carbonyl (C=O) groups excluding carboxylic acids is 1. The maximum Gasteiger partial charge on any atom is 0.275 e. The lowest BCUT2D eigenvalue weighted by Gasteiger charge is -2.13. The van der Waals surface area contributed by atoms with Crippen LogP contribution in [0.25, 0.3) is 10.8 Å². The highest BCUT2D eigenvalue weighted by Gasteiger charge is 2.12. The van der Waals surface area contributed by atoms with Crippen LogP contribution in [0.2, 0.25) is 5.02 Å². The number of hydrogen-bond donors (Lipinski definition) is 2. The van der Waals surface area contributed by atoms with Crippen molar-refractivity contribution in [1.29, 1.82) is 0 Å². The number of amides is 1. The Balaban J connectivity index is 1.70. The first-order chi connectivity index (χ1) is 13.5. The topological polar surface area (TPSA) is 70.9 Å². The van der Waals surface area contributed by atoms with Crippen LogP contribution in [-0.4, -0.2) is 23.3 Å². The zero-order valence-corrected chi connectivity index (χ0v) is 16.4. The Morgan fingerprint density at radius 3 is 2.61 bits per heavy atom. The Morgan fingerprint density at radius 2 is 1.93 bits per heavy atom. The molecule has 3 aromatic carbocycles. The fraction of sp³-hybridized carbons (Fsp3) is 0.182. The Labute approximate surface area is 168 Å². The number of hydrazone groups is 1. The van der Waals surface area contributed by atoms with Crippen molar-refractivity contribution in [3.05, 3.63) is 70.7 Å². The summed E-state index contributed by atoms with van der Waals surface area (Å²) < 4.78 is 5.72. The third-order valence-corrected chi connectivity index (χ3v) is 4.64. The lowest BCUT2D eigenvalue weighted by atomic mass is 10.1. The van der Waals surface area contributed by atoms with E-state index in [-0.39, 0.29) is 17.4 Å². The molecule has 3 rings (SSSR count). The van der Waals surface area contributed by atoms with Crippen molar-refractivity contribution in [2.24, 2.45) is 5.10 Å². The Morgan fingerprint density at radius 1 is 1.21 bits per heavy atom. The monoisotopic (exact) mass is 396 g/mol. The van der Waals surface area contributed by atoms with Gasteiger partial charge in [0.25, 0.3) is 5.91 Å². The van der Waals surface area contributed by atoms with E-state index in [1.165, 1.54) is 6.21 Å². The molecule has 1 unspecified atom stereocenters. The zero-order chi connectivity index (χ0) is 20.1. The SMILES string of the molecule is CCC(C)Oc1ccc(C=NNC(=O)c2cc3ccccc3cc2O)cc1Cl. The lowest BCUT2D eigenvalue weighted by molar-refractivity contribution is 0.0952. The van der Waals surface area contributed by atoms with Gasteiger partial charge in [-0.15, -0.1) is 0 Å². The molecule has 28 heavy (non-hydrogen) atoms. The van der Waals surface area contributed by atoms with Gasteiger partial charge >= 0.3 is 0 Å². The number of phenolic OH excluding ortho intramolecular Hbond substituents is 1. The second-order valence-electron chi connectivity index (χ2n) is 6.44. The normalized spacial score (nSPS) is 12.2. The Kier molecular flexibility index (Phi) is 6.16. The second-order valence-corrected chi connectivity index (χ2v) is 6.85. The van der Waals surface area contributed by atoms with Gasteiger partial charge in [0.05, 0.1) is 22.9 Å². The minimum atomic E-state index is -0.498. The lowest BCUT2D eigenvalue weighted by Crippen LogP contribution is -2.17. The molecule has 3 aromatic rings. The maximum atomic E-state index is 12.3. The van der Waals surface area contributed by atoms with Crippen molar-refractivity contribution in [2.75, 3.05) is 0 Å². The smallest absolute Gasteiger partial charge is 0.275 e. The molecule has 2 N–H and O–H groups in total. The molecule has 6 heteroatoms. The summed E-state index contributed by atoms with van der Waals surface area (Å²) in [5.41, 5.74) is 3.30. The average molecular weight is 397 g/mol. The number of carbonyl (C=O) groups is 1. The molecule has 1 atom stereocenters. The van der Waals surface area contributed by atoms with Gasteiger partial charge in [0, 0.05) is 0 Å². The summed E-state index contributed by atoms with van der Waals surface area (Å²) in [5.74, 6) is 0.0154. The number of aromatic hydroxyl groups is 1. The molecule has 0 aliphatic rings. The quantitative estimate of drug-likeness (QED) is 0.447. The van der Waals surface area contributed by atoms with E-state index >= 15 is 0 Å². The third kappa shape index (κ3) is 4.61. The number of hydrogen-bond acceptors (Lipinski definition) is 4. The summed E-state index contributed by atoms with van der Waals surface area (Å²) in [6.07, 6.45) is 2.44. The van der Waals surface area contributed by atoms with Crippen LogP contribution < -0.4 is 10.2 Å². The van der Waals surface area contributed by atoms with Gasteiger partial charge in [-0.25, -0.2) is 5.43 Å². The van der Waals surface area contributed by atoms with Crippen molar-refractivity contribution in [3.63, 3.8) is 0 Å². The van der Waals surface area contributed by atoms with E-state index in [0.717, 1.165) is 17.2 Å². The second kappa shape index (κ2) is 8.76. The summed E-state index contributed by atoms with van der Waals surface area (Å²) in [6.45, 7) is 4.01. The molecule has 0 saturated heterocycles. The van der Waals surface area contributed by atoms with Gasteiger partial charge in [0.15, 0.2) is 0 Å². The van der Waals surface area contributed by atoms with Crippen LogP contribution in [0.1, 0.15) is 36.2 Å². The summed E-state index contributed by atoms with van der Waals surface area (Å²) in [6, 6.07) is 16.0. The van der Waals surface area contributed by atoms with E-state index in [4.69, 9.17) is 16.3 Å². The molecule has 0 spiro atoms. The summed E-state index contributed by atoms with van der Waals surface area (Å²) >= 11 is 6.24. The Bertz CT molecular complexity index is 1030. The minimum absolute atomic E-state index is 0.0749. The van der Waals surface area contributed by atoms with Gasteiger partial charge in [-0.2, -0.15) is 5.10 Å². The predicted molar refractivity (Wildman–Crippen MR) is 113 cm³/mol. The minimum Gasteiger partial charge on any atom is -0.507 e. The van der Waals surface area contributed by atoms with Gasteiger partial charge < -0.3 is 9.84 Å². The van der Waals surface area contributed by atoms with E-state index in [0.29, 0.717) is 16.3 Å². The van der Waals surface area contributed by atoms with E-state index in [1.54, 1.807) is 30.3 Å². The van der Waals surface area contributed by atoms with Gasteiger partial charge in [-0.3, -0.25) is 4.79 Å². The standard InChI is InChI=1S/C22H21ClN2O3/c1-3-14(2)28-21-9-8-15(10-19(21)23)13-24-25-22(27)18-11-16-6-4-5-7-17(16)12-20(18)26/h4-14,26H,3H2,1-2H3,(H,25,27). The first-order valence-corrected chi connectivity index (χ1v) is 9.37. The molecule has 1 amide bonds. The zero-order valence-electron chi connectivity index (χ0n) is 15.6. The first-order valence-electron chi connectivity index (χ1n) is 8.99. The van der Waals surface area contributed by atoms with Crippen molar-refractivity contribution in [3.8, 4) is 11.5 Å². The van der Waals surface area contributed by atoms with Crippen LogP contribution in [0, 0.1) is 0 Å². The van der Waals surface area contributed by atoms with Gasteiger partial charge in [0.1, 0.15) is 11.5 Å². The van der Waals surface area contributed by atoms with Crippen molar-refractivity contribution in [1.82, 2.24) is 5.43 Å². The molecule has 0 saturated carbocycles. The number of ether oxygens (including phenoxy) is 1. The van der Waals surface area contributed by atoms with Crippen LogP contribution in [0.15, 0.2) is 59.7 Å². The first kappa shape index (κ1) is 19.7. The van der Waals surface area contributed by atoms with E-state index < -0.39 is 5.91 Å². The fourth-order valence-corrected chi connectivity index (χ4v) is 2.86. The molecule has 0 radical (unpaired) electrons. The Hall–Kier alpha value is -3.05. The van der Waals surface area contributed by atoms with E-state index in [2.05, 4.69) is 10.5 Å². The van der Waals surface area contributed by atoms with Crippen molar-refractivity contribution >= 4 is 34.5 Å². The van der Waals surface area contributed by atoms with E-state index in [1.807, 2.05) is 38.1 Å². The third-order valence-electron chi connectivity index (χ3n) is 4.35. The summed E-state index contributed by atoms with van der Waals surface area (Å²) in [4.78, 5) is 12.3. The molecule has 0 aromatic heterocycles. The number of benzene rings is 3. The molecule has 144 valence electrons. The summed E-state index contributed by atoms with van der Waals surface area (Å²) in [5, 5.41) is 16.3. The summed E-state index contributed by atoms with van der Waals surface area (Å²) in [7, 11) is 0. The highest BCUT2D eigenvalue weighted by molar-refractivity contribution is 6.32. The number of rotatable bonds is 6. The van der Waals surface area contributed by atoms with Crippen LogP contribution in [0.3, 0.4) is 0 Å². The van der Waals surface area contributed by atoms with Crippen LogP contribution in [0.5, 0.6) is 11.5 Å². The molecule has 0 aliphatic carbocycles. The van der Waals surface area contributed by atoms with Gasteiger partial charge in [0.2, 0.25) is 0 Å². The molecule has 0 heterocycles. The number of nitrogens with one attached hydrogen (secondary N) is 1. The predicted octanol–water partition coefficient (Wildman–Crippen LogP) is 5.14. The molecule has 0 fully saturated rings. The number of fused-ring (bicyclic) bond motifs is 1. The van der Waals surface area contributed by atoms with E-state index in [9.17, 15) is 9.90 Å². The fourth-order valence-electron chi connectivity index (χ4n) is 2.63. The highest BCUT2D eigenvalue weighted by atomic mass is 35.5. The molecular formula is C22H21ClN2O3. The number of halogens is 1. The van der Waals surface area contributed by atoms with Crippen LogP contribution >= 0.6 is 11.6 Å². The van der Waals surface area contributed by atoms with Gasteiger partial charge in [-0.05, 0) is 60.0 Å². The number of phenols is 1. The average Bonchev–Trinajstić information content (AvgIpc) is 2.69. The van der Waals surface area contributed by atoms with Crippen LogP contribution in [0.4, 0.5) is 0 Å². The van der Waals surface area contributed by atoms with Crippen molar-refractivity contribution in [2.45, 2.75) is 26.4 Å². The molecule has 0 bridgehead atoms.